The zero-order chi connectivity index (χ0) is 14.2. The van der Waals surface area contributed by atoms with E-state index in [1.165, 1.54) is 24.9 Å². The van der Waals surface area contributed by atoms with Crippen molar-refractivity contribution in [1.82, 2.24) is 10.2 Å². The fourth-order valence-electron chi connectivity index (χ4n) is 3.53. The Kier molecular flexibility index (Phi) is 3.87. The lowest BCUT2D eigenvalue weighted by Crippen LogP contribution is -2.62. The van der Waals surface area contributed by atoms with Gasteiger partial charge in [-0.2, -0.15) is 0 Å². The van der Waals surface area contributed by atoms with Crippen LogP contribution in [0.1, 0.15) is 39.2 Å². The molecule has 0 radical (unpaired) electrons. The van der Waals surface area contributed by atoms with Crippen LogP contribution in [0.4, 0.5) is 0 Å². The van der Waals surface area contributed by atoms with Crippen LogP contribution in [-0.2, 0) is 5.54 Å². The molecule has 3 rings (SSSR count). The molecule has 0 aromatic heterocycles. The molecule has 2 fully saturated rings. The third-order valence-corrected chi connectivity index (χ3v) is 5.06. The summed E-state index contributed by atoms with van der Waals surface area (Å²) in [6.45, 7) is 10.6. The van der Waals surface area contributed by atoms with Gasteiger partial charge >= 0.3 is 0 Å². The molecule has 0 amide bonds. The maximum absolute atomic E-state index is 3.83. The molecule has 1 aromatic rings. The van der Waals surface area contributed by atoms with Crippen LogP contribution < -0.4 is 5.32 Å². The fraction of sp³-hybridized carbons (Fsp3) is 0.667. The standard InChI is InChI=1S/C18H28N2/c1-14(2)17-11-19-18(3,16-7-5-4-6-8-16)13-20(17)12-15-9-10-15/h4-8,14-15,17,19H,9-13H2,1-3H3. The second kappa shape index (κ2) is 5.50. The van der Waals surface area contributed by atoms with Gasteiger partial charge in [-0.15, -0.1) is 0 Å². The Morgan fingerprint density at radius 3 is 2.55 bits per heavy atom. The third-order valence-electron chi connectivity index (χ3n) is 5.06. The average Bonchev–Trinajstić information content (AvgIpc) is 3.23. The first-order chi connectivity index (χ1) is 9.58. The number of benzene rings is 1. The summed E-state index contributed by atoms with van der Waals surface area (Å²) in [4.78, 5) is 2.76. The number of hydrogen-bond donors (Lipinski definition) is 1. The zero-order valence-corrected chi connectivity index (χ0v) is 13.1. The molecule has 1 N–H and O–H groups in total. The molecule has 1 saturated heterocycles. The molecular weight excluding hydrogens is 244 g/mol. The lowest BCUT2D eigenvalue weighted by atomic mass is 9.86. The number of nitrogens with one attached hydrogen (secondary N) is 1. The Morgan fingerprint density at radius 1 is 1.25 bits per heavy atom. The van der Waals surface area contributed by atoms with Gasteiger partial charge in [0.2, 0.25) is 0 Å². The summed E-state index contributed by atoms with van der Waals surface area (Å²) in [5, 5.41) is 3.83. The Hall–Kier alpha value is -0.860. The molecule has 2 aliphatic rings. The molecule has 1 aliphatic heterocycles. The molecule has 2 unspecified atom stereocenters. The van der Waals surface area contributed by atoms with E-state index in [-0.39, 0.29) is 5.54 Å². The fourth-order valence-corrected chi connectivity index (χ4v) is 3.53. The van der Waals surface area contributed by atoms with E-state index in [0.717, 1.165) is 24.9 Å². The molecule has 1 aromatic carbocycles. The van der Waals surface area contributed by atoms with Gasteiger partial charge in [-0.05, 0) is 37.2 Å². The topological polar surface area (TPSA) is 15.3 Å². The lowest BCUT2D eigenvalue weighted by molar-refractivity contribution is 0.0569. The van der Waals surface area contributed by atoms with Crippen molar-refractivity contribution in [1.29, 1.82) is 0 Å². The molecule has 110 valence electrons. The minimum absolute atomic E-state index is 0.0987. The second-order valence-electron chi connectivity index (χ2n) is 7.26. The Morgan fingerprint density at radius 2 is 1.95 bits per heavy atom. The van der Waals surface area contributed by atoms with Crippen LogP contribution in [0.3, 0.4) is 0 Å². The van der Waals surface area contributed by atoms with Gasteiger partial charge in [0, 0.05) is 25.7 Å². The van der Waals surface area contributed by atoms with Crippen molar-refractivity contribution in [2.75, 3.05) is 19.6 Å². The summed E-state index contributed by atoms with van der Waals surface area (Å²) in [6.07, 6.45) is 2.88. The van der Waals surface area contributed by atoms with Crippen molar-refractivity contribution in [2.24, 2.45) is 11.8 Å². The molecule has 0 bridgehead atoms. The maximum Gasteiger partial charge on any atom is 0.0535 e. The minimum atomic E-state index is 0.0987. The van der Waals surface area contributed by atoms with E-state index < -0.39 is 0 Å². The normalized spacial score (nSPS) is 31.7. The van der Waals surface area contributed by atoms with Crippen molar-refractivity contribution >= 4 is 0 Å². The van der Waals surface area contributed by atoms with Crippen molar-refractivity contribution in [2.45, 2.75) is 45.2 Å². The largest absolute Gasteiger partial charge is 0.305 e. The molecule has 1 saturated carbocycles. The van der Waals surface area contributed by atoms with E-state index in [0.29, 0.717) is 6.04 Å². The first-order valence-corrected chi connectivity index (χ1v) is 8.13. The Balaban J connectivity index is 1.78. The highest BCUT2D eigenvalue weighted by atomic mass is 15.3. The Labute approximate surface area is 123 Å². The van der Waals surface area contributed by atoms with Crippen molar-refractivity contribution in [3.63, 3.8) is 0 Å². The highest BCUT2D eigenvalue weighted by molar-refractivity contribution is 5.25. The molecule has 2 atom stereocenters. The first kappa shape index (κ1) is 14.1. The molecule has 2 heteroatoms. The SMILES string of the molecule is CC(C)C1CNC(C)(c2ccccc2)CN1CC1CC1. The summed E-state index contributed by atoms with van der Waals surface area (Å²) in [6, 6.07) is 11.6. The van der Waals surface area contributed by atoms with Crippen LogP contribution in [0.25, 0.3) is 0 Å². The maximum atomic E-state index is 3.83. The van der Waals surface area contributed by atoms with E-state index in [2.05, 4.69) is 61.3 Å². The summed E-state index contributed by atoms with van der Waals surface area (Å²) in [7, 11) is 0. The summed E-state index contributed by atoms with van der Waals surface area (Å²) >= 11 is 0. The van der Waals surface area contributed by atoms with Crippen LogP contribution in [-0.4, -0.2) is 30.6 Å². The van der Waals surface area contributed by atoms with Crippen LogP contribution in [0.5, 0.6) is 0 Å². The van der Waals surface area contributed by atoms with E-state index in [4.69, 9.17) is 0 Å². The van der Waals surface area contributed by atoms with E-state index in [1.54, 1.807) is 0 Å². The number of nitrogens with zero attached hydrogens (tertiary/aromatic N) is 1. The van der Waals surface area contributed by atoms with Crippen LogP contribution in [0.15, 0.2) is 30.3 Å². The van der Waals surface area contributed by atoms with Gasteiger partial charge in [0.25, 0.3) is 0 Å². The molecule has 1 aliphatic carbocycles. The predicted octanol–water partition coefficient (Wildman–Crippen LogP) is 3.24. The molecule has 20 heavy (non-hydrogen) atoms. The zero-order valence-electron chi connectivity index (χ0n) is 13.1. The highest BCUT2D eigenvalue weighted by Gasteiger charge is 2.39. The van der Waals surface area contributed by atoms with E-state index in [1.807, 2.05) is 0 Å². The van der Waals surface area contributed by atoms with Gasteiger partial charge < -0.3 is 5.32 Å². The lowest BCUT2D eigenvalue weighted by Gasteiger charge is -2.48. The summed E-state index contributed by atoms with van der Waals surface area (Å²) in [5.41, 5.74) is 1.52. The number of piperazine rings is 1. The van der Waals surface area contributed by atoms with Gasteiger partial charge in [-0.25, -0.2) is 0 Å². The minimum Gasteiger partial charge on any atom is -0.305 e. The smallest absolute Gasteiger partial charge is 0.0535 e. The first-order valence-electron chi connectivity index (χ1n) is 8.13. The van der Waals surface area contributed by atoms with Gasteiger partial charge in [-0.3, -0.25) is 4.90 Å². The van der Waals surface area contributed by atoms with Gasteiger partial charge in [-0.1, -0.05) is 44.2 Å². The highest BCUT2D eigenvalue weighted by Crippen LogP contribution is 2.34. The van der Waals surface area contributed by atoms with Gasteiger partial charge in [0.05, 0.1) is 5.54 Å². The number of rotatable bonds is 4. The molecule has 2 nitrogen and oxygen atoms in total. The van der Waals surface area contributed by atoms with Crippen molar-refractivity contribution < 1.29 is 0 Å². The number of hydrogen-bond acceptors (Lipinski definition) is 2. The van der Waals surface area contributed by atoms with Gasteiger partial charge in [0.15, 0.2) is 0 Å². The van der Waals surface area contributed by atoms with Gasteiger partial charge in [0.1, 0.15) is 0 Å². The Bertz CT molecular complexity index is 438. The van der Waals surface area contributed by atoms with Crippen LogP contribution in [0.2, 0.25) is 0 Å². The van der Waals surface area contributed by atoms with E-state index in [9.17, 15) is 0 Å². The molecule has 0 spiro atoms. The van der Waals surface area contributed by atoms with Crippen LogP contribution >= 0.6 is 0 Å². The van der Waals surface area contributed by atoms with E-state index >= 15 is 0 Å². The molecular formula is C18H28N2. The summed E-state index contributed by atoms with van der Waals surface area (Å²) < 4.78 is 0. The molecule has 1 heterocycles. The third kappa shape index (κ3) is 2.91. The van der Waals surface area contributed by atoms with Crippen molar-refractivity contribution in [3.8, 4) is 0 Å². The van der Waals surface area contributed by atoms with Crippen molar-refractivity contribution in [3.05, 3.63) is 35.9 Å². The predicted molar refractivity (Wildman–Crippen MR) is 84.7 cm³/mol. The van der Waals surface area contributed by atoms with Crippen LogP contribution in [0, 0.1) is 11.8 Å². The summed E-state index contributed by atoms with van der Waals surface area (Å²) in [5.74, 6) is 1.69. The quantitative estimate of drug-likeness (QED) is 0.905. The second-order valence-corrected chi connectivity index (χ2v) is 7.26. The monoisotopic (exact) mass is 272 g/mol. The average molecular weight is 272 g/mol.